The first kappa shape index (κ1) is 33.4. The summed E-state index contributed by atoms with van der Waals surface area (Å²) < 4.78 is 0. The number of hydrogen-bond donors (Lipinski definition) is 0. The molecule has 0 spiro atoms. The summed E-state index contributed by atoms with van der Waals surface area (Å²) in [6.45, 7) is 0. The SMILES string of the molecule is c1ccncc1.c1ccnnc1.c1cnccn1.c1cncnc1.c1cnncn1.c1ncncn1.c1nncnn1. The summed E-state index contributed by atoms with van der Waals surface area (Å²) in [5, 5.41) is 27.4. The van der Waals surface area contributed by atoms with Crippen LogP contribution in [0.25, 0.3) is 0 Å². The van der Waals surface area contributed by atoms with E-state index in [-0.39, 0.29) is 0 Å². The second-order valence-electron chi connectivity index (χ2n) is 6.02. The molecule has 0 aliphatic carbocycles. The standard InChI is InChI=1S/C5H5N.3C4H4N2.2C3H3N3.C2H2N4/c1-2-4-6-5-3-1;1-2-6-4-3-5-1;1-2-5-4-6-3-1;1-2-4-6-5-3-1;1-4-2-6-3-5-1;1-2-5-6-3-4-1;1-3-5-2-6-4-1/h1-5H;3*1-4H;2*1-3H;1-2H. The van der Waals surface area contributed by atoms with E-state index in [4.69, 9.17) is 0 Å². The first-order valence-electron chi connectivity index (χ1n) is 11.5. The van der Waals surface area contributed by atoms with Crippen molar-refractivity contribution in [2.45, 2.75) is 0 Å². The van der Waals surface area contributed by atoms with Crippen LogP contribution in [0.2, 0.25) is 0 Å². The third-order valence-corrected chi connectivity index (χ3v) is 3.15. The van der Waals surface area contributed by atoms with Gasteiger partial charge >= 0.3 is 0 Å². The number of aromatic nitrogens is 17. The molecule has 7 aromatic rings. The van der Waals surface area contributed by atoms with Crippen LogP contribution in [0.3, 0.4) is 0 Å². The van der Waals surface area contributed by atoms with Crippen LogP contribution in [0.1, 0.15) is 0 Å². The third-order valence-electron chi connectivity index (χ3n) is 3.15. The maximum atomic E-state index is 3.78. The van der Waals surface area contributed by atoms with Crippen molar-refractivity contribution in [2.24, 2.45) is 0 Å². The minimum Gasteiger partial charge on any atom is -0.265 e. The number of pyridine rings is 1. The Bertz CT molecular complexity index is 854. The van der Waals surface area contributed by atoms with E-state index in [1.54, 1.807) is 74.2 Å². The molecule has 0 aliphatic heterocycles. The van der Waals surface area contributed by atoms with Crippen molar-refractivity contribution in [3.8, 4) is 0 Å². The number of hydrogen-bond acceptors (Lipinski definition) is 17. The van der Waals surface area contributed by atoms with E-state index in [1.807, 2.05) is 30.3 Å². The molecule has 0 amide bonds. The topological polar surface area (TPSA) is 219 Å². The van der Waals surface area contributed by atoms with Gasteiger partial charge in [-0.15, -0.1) is 25.5 Å². The lowest BCUT2D eigenvalue weighted by atomic mass is 10.5. The molecule has 0 aliphatic rings. The zero-order valence-corrected chi connectivity index (χ0v) is 22.0. The fourth-order valence-electron chi connectivity index (χ4n) is 1.65. The highest BCUT2D eigenvalue weighted by Crippen LogP contribution is 1.74. The Morgan fingerprint density at radius 3 is 0.690 bits per heavy atom. The molecule has 42 heavy (non-hydrogen) atoms. The molecule has 0 N–H and O–H groups in total. The van der Waals surface area contributed by atoms with Gasteiger partial charge in [-0.3, -0.25) is 15.0 Å². The highest BCUT2D eigenvalue weighted by molar-refractivity contribution is 4.88. The van der Waals surface area contributed by atoms with Gasteiger partial charge in [0.25, 0.3) is 0 Å². The molecule has 0 saturated carbocycles. The van der Waals surface area contributed by atoms with Crippen LogP contribution in [-0.4, -0.2) is 85.6 Å². The van der Waals surface area contributed by atoms with E-state index < -0.39 is 0 Å². The summed E-state index contributed by atoms with van der Waals surface area (Å²) >= 11 is 0. The van der Waals surface area contributed by atoms with Crippen LogP contribution in [0, 0.1) is 0 Å². The lowest BCUT2D eigenvalue weighted by Gasteiger charge is -1.70. The lowest BCUT2D eigenvalue weighted by Crippen LogP contribution is -1.81. The van der Waals surface area contributed by atoms with Gasteiger partial charge in [-0.25, -0.2) is 29.9 Å². The van der Waals surface area contributed by atoms with Gasteiger partial charge in [-0.2, -0.15) is 15.3 Å². The molecular formula is C25H25N17. The highest BCUT2D eigenvalue weighted by Gasteiger charge is 1.63. The van der Waals surface area contributed by atoms with Crippen LogP contribution in [-0.2, 0) is 0 Å². The molecule has 7 rings (SSSR count). The van der Waals surface area contributed by atoms with Gasteiger partial charge in [0.2, 0.25) is 0 Å². The molecule has 7 aromatic heterocycles. The van der Waals surface area contributed by atoms with Gasteiger partial charge in [-0.1, -0.05) is 6.07 Å². The minimum atomic E-state index is 1.28. The predicted octanol–water partition coefficient (Wildman–Crippen LogP) is 1.52. The van der Waals surface area contributed by atoms with Crippen LogP contribution in [0.15, 0.2) is 155 Å². The number of nitrogens with zero attached hydrogens (tertiary/aromatic N) is 17. The van der Waals surface area contributed by atoms with Crippen LogP contribution in [0.4, 0.5) is 0 Å². The van der Waals surface area contributed by atoms with Gasteiger partial charge in [0.05, 0.1) is 6.20 Å². The molecule has 0 unspecified atom stereocenters. The van der Waals surface area contributed by atoms with E-state index in [9.17, 15) is 0 Å². The Hall–Kier alpha value is -6.65. The molecule has 0 fully saturated rings. The van der Waals surface area contributed by atoms with Crippen LogP contribution >= 0.6 is 0 Å². The van der Waals surface area contributed by atoms with Crippen LogP contribution in [0.5, 0.6) is 0 Å². The van der Waals surface area contributed by atoms with Gasteiger partial charge < -0.3 is 0 Å². The van der Waals surface area contributed by atoms with Crippen molar-refractivity contribution in [3.63, 3.8) is 0 Å². The third kappa shape index (κ3) is 27.9. The van der Waals surface area contributed by atoms with Gasteiger partial charge in [-0.05, 0) is 30.3 Å². The van der Waals surface area contributed by atoms with Crippen molar-refractivity contribution < 1.29 is 0 Å². The zero-order chi connectivity index (χ0) is 29.7. The lowest BCUT2D eigenvalue weighted by molar-refractivity contribution is 0.853. The van der Waals surface area contributed by atoms with Crippen molar-refractivity contribution in [3.05, 3.63) is 155 Å². The summed E-state index contributed by atoms with van der Waals surface area (Å²) in [6, 6.07) is 11.1. The summed E-state index contributed by atoms with van der Waals surface area (Å²) in [5.41, 5.74) is 0. The van der Waals surface area contributed by atoms with Crippen molar-refractivity contribution in [1.29, 1.82) is 0 Å². The smallest absolute Gasteiger partial charge is 0.160 e. The Morgan fingerprint density at radius 1 is 0.167 bits per heavy atom. The Kier molecular flexibility index (Phi) is 24.3. The van der Waals surface area contributed by atoms with Gasteiger partial charge in [0.15, 0.2) is 12.7 Å². The summed E-state index contributed by atoms with van der Waals surface area (Å²) in [7, 11) is 0. The van der Waals surface area contributed by atoms with E-state index >= 15 is 0 Å². The first-order chi connectivity index (χ1) is 21.0. The molecular weight excluding hydrogens is 538 g/mol. The molecule has 0 saturated heterocycles. The van der Waals surface area contributed by atoms with E-state index in [0.29, 0.717) is 0 Å². The second kappa shape index (κ2) is 30.6. The molecule has 7 heterocycles. The average molecular weight is 564 g/mol. The highest BCUT2D eigenvalue weighted by atomic mass is 15.2. The maximum absolute atomic E-state index is 3.78. The molecule has 0 atom stereocenters. The van der Waals surface area contributed by atoms with E-state index in [0.717, 1.165) is 0 Å². The maximum Gasteiger partial charge on any atom is 0.160 e. The molecule has 0 bridgehead atoms. The minimum absolute atomic E-state index is 1.28. The fraction of sp³-hybridized carbons (Fsp3) is 0. The molecule has 17 nitrogen and oxygen atoms in total. The monoisotopic (exact) mass is 563 g/mol. The second-order valence-corrected chi connectivity index (χ2v) is 6.02. The predicted molar refractivity (Wildman–Crippen MR) is 148 cm³/mol. The normalized spacial score (nSPS) is 8.00. The summed E-state index contributed by atoms with van der Waals surface area (Å²) in [5.74, 6) is 0. The quantitative estimate of drug-likeness (QED) is 0.255. The molecule has 210 valence electrons. The molecule has 0 radical (unpaired) electrons. The Labute approximate surface area is 240 Å². The largest absolute Gasteiger partial charge is 0.265 e. The first-order valence-corrected chi connectivity index (χ1v) is 11.5. The Balaban J connectivity index is 0.000000245. The fourth-order valence-corrected chi connectivity index (χ4v) is 1.65. The van der Waals surface area contributed by atoms with Gasteiger partial charge in [0.1, 0.15) is 31.6 Å². The molecule has 0 aromatic carbocycles. The van der Waals surface area contributed by atoms with Crippen LogP contribution < -0.4 is 0 Å². The number of rotatable bonds is 0. The summed E-state index contributed by atoms with van der Waals surface area (Å²) in [4.78, 5) is 32.9. The molecule has 17 heteroatoms. The van der Waals surface area contributed by atoms with Crippen molar-refractivity contribution in [2.75, 3.05) is 0 Å². The Morgan fingerprint density at radius 2 is 0.524 bits per heavy atom. The van der Waals surface area contributed by atoms with E-state index in [1.165, 1.54) is 50.5 Å². The van der Waals surface area contributed by atoms with E-state index in [2.05, 4.69) is 85.6 Å². The summed E-state index contributed by atoms with van der Waals surface area (Å²) in [6.07, 6.45) is 29.6. The van der Waals surface area contributed by atoms with Gasteiger partial charge in [0, 0.05) is 68.2 Å². The zero-order valence-electron chi connectivity index (χ0n) is 22.0. The van der Waals surface area contributed by atoms with Crippen molar-refractivity contribution >= 4 is 0 Å². The van der Waals surface area contributed by atoms with Crippen molar-refractivity contribution in [1.82, 2.24) is 85.6 Å². The average Bonchev–Trinajstić information content (AvgIpc) is 3.15.